The third-order valence-corrected chi connectivity index (χ3v) is 8.59. The number of imidazole rings is 2. The number of aromatic nitrogens is 5. The van der Waals surface area contributed by atoms with Gasteiger partial charge in [-0.25, -0.2) is 15.0 Å². The average Bonchev–Trinajstić information content (AvgIpc) is 3.66. The fourth-order valence-corrected chi connectivity index (χ4v) is 6.38. The number of aliphatic imine (C=N–C) groups is 3. The fraction of sp³-hybridized carbons (Fsp3) is 0.429. The molecular formula is C21H29N11S4. The van der Waals surface area contributed by atoms with E-state index in [-0.39, 0.29) is 0 Å². The van der Waals surface area contributed by atoms with Crippen LogP contribution in [0.1, 0.15) is 17.3 Å². The second-order valence-electron chi connectivity index (χ2n) is 7.96. The molecule has 0 aromatic carbocycles. The van der Waals surface area contributed by atoms with Gasteiger partial charge in [-0.1, -0.05) is 35.3 Å². The zero-order valence-electron chi connectivity index (χ0n) is 19.5. The highest BCUT2D eigenvalue weighted by molar-refractivity contribution is 8.14. The molecule has 0 spiro atoms. The van der Waals surface area contributed by atoms with Crippen molar-refractivity contribution in [1.29, 1.82) is 0 Å². The van der Waals surface area contributed by atoms with Gasteiger partial charge in [-0.3, -0.25) is 15.0 Å². The Morgan fingerprint density at radius 1 is 0.694 bits per heavy atom. The summed E-state index contributed by atoms with van der Waals surface area (Å²) < 4.78 is 0. The van der Waals surface area contributed by atoms with Gasteiger partial charge in [-0.15, -0.1) is 11.3 Å². The lowest BCUT2D eigenvalue weighted by Gasteiger charge is -2.00. The molecule has 6 rings (SSSR count). The molecule has 0 saturated heterocycles. The first kappa shape index (κ1) is 26.6. The summed E-state index contributed by atoms with van der Waals surface area (Å²) in [5, 5.41) is 4.18. The summed E-state index contributed by atoms with van der Waals surface area (Å²) in [5.41, 5.74) is 19.6. The van der Waals surface area contributed by atoms with Gasteiger partial charge in [0.25, 0.3) is 0 Å². The van der Waals surface area contributed by atoms with Crippen LogP contribution >= 0.6 is 46.6 Å². The van der Waals surface area contributed by atoms with Crippen molar-refractivity contribution >= 4 is 62.1 Å². The Labute approximate surface area is 226 Å². The lowest BCUT2D eigenvalue weighted by atomic mass is 10.2. The molecule has 0 aliphatic carbocycles. The normalized spacial score (nSPS) is 22.7. The zero-order valence-corrected chi connectivity index (χ0v) is 22.8. The summed E-state index contributed by atoms with van der Waals surface area (Å²) in [6, 6.07) is 0.958. The Morgan fingerprint density at radius 2 is 1.17 bits per heavy atom. The van der Waals surface area contributed by atoms with Crippen LogP contribution in [-0.2, 0) is 19.3 Å². The van der Waals surface area contributed by atoms with E-state index in [0.717, 1.165) is 59.0 Å². The van der Waals surface area contributed by atoms with Crippen LogP contribution in [0.3, 0.4) is 0 Å². The molecule has 15 heteroatoms. The summed E-state index contributed by atoms with van der Waals surface area (Å²) in [6.07, 6.45) is 9.81. The summed E-state index contributed by atoms with van der Waals surface area (Å²) in [6.45, 7) is 0. The number of nitrogens with two attached hydrogens (primary N) is 3. The van der Waals surface area contributed by atoms with Gasteiger partial charge in [0.1, 0.15) is 11.6 Å². The lowest BCUT2D eigenvalue weighted by Crippen LogP contribution is -2.09. The van der Waals surface area contributed by atoms with Crippen LogP contribution in [-0.4, -0.2) is 75.8 Å². The van der Waals surface area contributed by atoms with Crippen LogP contribution in [0.4, 0.5) is 0 Å². The maximum atomic E-state index is 5.55. The first-order chi connectivity index (χ1) is 17.5. The van der Waals surface area contributed by atoms with Crippen LogP contribution < -0.4 is 17.2 Å². The molecule has 36 heavy (non-hydrogen) atoms. The Morgan fingerprint density at radius 3 is 1.50 bits per heavy atom. The molecule has 0 fully saturated rings. The van der Waals surface area contributed by atoms with Crippen molar-refractivity contribution in [3.8, 4) is 0 Å². The second kappa shape index (κ2) is 13.7. The number of aromatic amines is 2. The van der Waals surface area contributed by atoms with Crippen LogP contribution in [0.2, 0.25) is 0 Å². The van der Waals surface area contributed by atoms with Gasteiger partial charge < -0.3 is 27.2 Å². The molecule has 0 amide bonds. The number of amidine groups is 3. The molecule has 3 aromatic rings. The molecule has 8 N–H and O–H groups in total. The van der Waals surface area contributed by atoms with Gasteiger partial charge >= 0.3 is 0 Å². The highest BCUT2D eigenvalue weighted by atomic mass is 32.2. The van der Waals surface area contributed by atoms with Gasteiger partial charge in [0.05, 0.1) is 29.3 Å². The van der Waals surface area contributed by atoms with Crippen molar-refractivity contribution in [2.45, 2.75) is 37.4 Å². The third kappa shape index (κ3) is 8.87. The molecule has 3 atom stereocenters. The zero-order chi connectivity index (χ0) is 25.2. The molecule has 6 heterocycles. The molecule has 0 saturated carbocycles. The molecule has 3 aliphatic heterocycles. The Bertz CT molecular complexity index is 984. The minimum absolute atomic E-state index is 0.307. The Kier molecular flexibility index (Phi) is 10.1. The number of hydrogen-bond acceptors (Lipinski definition) is 13. The quantitative estimate of drug-likeness (QED) is 0.298. The topological polar surface area (TPSA) is 185 Å². The molecule has 0 bridgehead atoms. The van der Waals surface area contributed by atoms with Gasteiger partial charge in [0, 0.05) is 66.7 Å². The minimum Gasteiger partial charge on any atom is -0.379 e. The summed E-state index contributed by atoms with van der Waals surface area (Å²) >= 11 is 6.48. The van der Waals surface area contributed by atoms with Crippen molar-refractivity contribution in [2.24, 2.45) is 32.2 Å². The smallest absolute Gasteiger partial charge is 0.154 e. The molecule has 0 unspecified atom stereocenters. The molecule has 3 aromatic heterocycles. The van der Waals surface area contributed by atoms with E-state index < -0.39 is 0 Å². The molecular weight excluding hydrogens is 535 g/mol. The Hall–Kier alpha value is -2.49. The number of thiazole rings is 1. The number of H-pyrrole nitrogens is 2. The van der Waals surface area contributed by atoms with E-state index in [4.69, 9.17) is 17.2 Å². The predicted molar refractivity (Wildman–Crippen MR) is 154 cm³/mol. The highest BCUT2D eigenvalue weighted by Gasteiger charge is 2.18. The Balaban J connectivity index is 0.000000127. The fourth-order valence-electron chi connectivity index (χ4n) is 3.47. The van der Waals surface area contributed by atoms with Crippen LogP contribution in [0.25, 0.3) is 0 Å². The van der Waals surface area contributed by atoms with Gasteiger partial charge in [0.15, 0.2) is 15.5 Å². The van der Waals surface area contributed by atoms with E-state index in [1.54, 1.807) is 59.0 Å². The number of thioether (sulfide) groups is 3. The molecule has 11 nitrogen and oxygen atoms in total. The maximum Gasteiger partial charge on any atom is 0.154 e. The predicted octanol–water partition coefficient (Wildman–Crippen LogP) is 1.88. The summed E-state index contributed by atoms with van der Waals surface area (Å²) in [5.74, 6) is 4.93. The van der Waals surface area contributed by atoms with Crippen LogP contribution in [0.15, 0.2) is 50.7 Å². The lowest BCUT2D eigenvalue weighted by molar-refractivity contribution is 0.730. The van der Waals surface area contributed by atoms with Crippen LogP contribution in [0, 0.1) is 0 Å². The number of hydrogen-bond donors (Lipinski definition) is 5. The number of rotatable bonds is 6. The largest absolute Gasteiger partial charge is 0.379 e. The van der Waals surface area contributed by atoms with Crippen molar-refractivity contribution in [1.82, 2.24) is 24.9 Å². The van der Waals surface area contributed by atoms with E-state index in [1.165, 1.54) is 0 Å². The second-order valence-corrected chi connectivity index (χ2v) is 11.8. The van der Waals surface area contributed by atoms with E-state index in [1.807, 2.05) is 17.9 Å². The molecule has 3 aliphatic rings. The standard InChI is InChI=1S/2C7H10N4S.C7H9N3S2/c2*8-7-11-5(4-12-7)3-6-9-1-2-10-6;8-7-10-6(3-12-7)1-5-2-11-4-9-5/h2*1-2,5H,3-4H2,(H2,8,11)(H,9,10);2,4,6H,1,3H2,(H2,8,10)/t2*5-;6-/m101/s1. The minimum atomic E-state index is 0.307. The first-order valence-electron chi connectivity index (χ1n) is 11.2. The average molecular weight is 564 g/mol. The van der Waals surface area contributed by atoms with Crippen molar-refractivity contribution < 1.29 is 0 Å². The molecule has 0 radical (unpaired) electrons. The third-order valence-electron chi connectivity index (χ3n) is 5.10. The van der Waals surface area contributed by atoms with Gasteiger partial charge in [0.2, 0.25) is 0 Å². The van der Waals surface area contributed by atoms with E-state index in [9.17, 15) is 0 Å². The SMILES string of the molecule is NC1=N[C@@H](Cc2ncc[nH]2)CS1.NC1=N[C@H](Cc2cscn2)CS1.NC1=N[C@H](Cc2ncc[nH]2)CS1. The monoisotopic (exact) mass is 563 g/mol. The molecule has 192 valence electrons. The number of nitrogens with zero attached hydrogens (tertiary/aromatic N) is 6. The van der Waals surface area contributed by atoms with E-state index in [2.05, 4.69) is 45.3 Å². The summed E-state index contributed by atoms with van der Waals surface area (Å²) in [7, 11) is 0. The van der Waals surface area contributed by atoms with Crippen molar-refractivity contribution in [2.75, 3.05) is 17.3 Å². The van der Waals surface area contributed by atoms with Crippen LogP contribution in [0.5, 0.6) is 0 Å². The number of nitrogens with one attached hydrogen (secondary N) is 2. The van der Waals surface area contributed by atoms with Crippen molar-refractivity contribution in [3.05, 3.63) is 53.0 Å². The van der Waals surface area contributed by atoms with E-state index in [0.29, 0.717) is 28.5 Å². The highest BCUT2D eigenvalue weighted by Crippen LogP contribution is 2.19. The maximum absolute atomic E-state index is 5.55. The summed E-state index contributed by atoms with van der Waals surface area (Å²) in [4.78, 5) is 31.4. The van der Waals surface area contributed by atoms with Crippen molar-refractivity contribution in [3.63, 3.8) is 0 Å². The first-order valence-corrected chi connectivity index (χ1v) is 15.1. The van der Waals surface area contributed by atoms with Gasteiger partial charge in [-0.2, -0.15) is 0 Å². The van der Waals surface area contributed by atoms with Gasteiger partial charge in [-0.05, 0) is 0 Å². The van der Waals surface area contributed by atoms with E-state index >= 15 is 0 Å².